The quantitative estimate of drug-likeness (QED) is 0.0995. The lowest BCUT2D eigenvalue weighted by Gasteiger charge is -2.09. The summed E-state index contributed by atoms with van der Waals surface area (Å²) in [5, 5.41) is 24.4. The van der Waals surface area contributed by atoms with Crippen molar-refractivity contribution >= 4 is 34.1 Å². The molecule has 6 nitrogen and oxygen atoms in total. The molecule has 0 aliphatic heterocycles. The van der Waals surface area contributed by atoms with Gasteiger partial charge in [-0.05, 0) is 110 Å². The average Bonchev–Trinajstić information content (AvgIpc) is 3.04. The summed E-state index contributed by atoms with van der Waals surface area (Å²) in [6.45, 7) is 6.05. The Hall–Kier alpha value is -4.32. The Kier molecular flexibility index (Phi) is 12.8. The first-order valence-corrected chi connectivity index (χ1v) is 15.4. The third-order valence-electron chi connectivity index (χ3n) is 7.09. The molecule has 0 aliphatic carbocycles. The van der Waals surface area contributed by atoms with Crippen molar-refractivity contribution in [3.63, 3.8) is 0 Å². The van der Waals surface area contributed by atoms with Crippen molar-refractivity contribution in [2.45, 2.75) is 65.2 Å². The molecule has 0 saturated carbocycles. The van der Waals surface area contributed by atoms with Crippen LogP contribution in [0.4, 0.5) is 34.1 Å². The highest BCUT2D eigenvalue weighted by atomic mass is 15.1. The van der Waals surface area contributed by atoms with Crippen molar-refractivity contribution in [2.24, 2.45) is 20.5 Å². The molecular weight excluding hydrogens is 516 g/mol. The highest BCUT2D eigenvalue weighted by Gasteiger charge is 1.99. The van der Waals surface area contributed by atoms with E-state index in [1.54, 1.807) is 0 Å². The number of aryl methyl sites for hydroxylation is 2. The number of rotatable bonds is 17. The lowest BCUT2D eigenvalue weighted by atomic mass is 10.1. The Bertz CT molecular complexity index is 1250. The largest absolute Gasteiger partial charge is 0.383 e. The third kappa shape index (κ3) is 10.9. The van der Waals surface area contributed by atoms with E-state index in [-0.39, 0.29) is 0 Å². The maximum Gasteiger partial charge on any atom is 0.0858 e. The van der Waals surface area contributed by atoms with Gasteiger partial charge in [0.25, 0.3) is 0 Å². The first kappa shape index (κ1) is 30.6. The zero-order chi connectivity index (χ0) is 29.2. The fraction of sp³-hybridized carbons (Fsp3) is 0.333. The molecule has 218 valence electrons. The number of benzene rings is 4. The van der Waals surface area contributed by atoms with Crippen LogP contribution in [0.1, 0.15) is 63.5 Å². The number of hydrogen-bond acceptors (Lipinski definition) is 6. The molecular formula is C36H44N6. The van der Waals surface area contributed by atoms with Crippen molar-refractivity contribution in [1.29, 1.82) is 0 Å². The molecule has 42 heavy (non-hydrogen) atoms. The van der Waals surface area contributed by atoms with Crippen LogP contribution in [-0.2, 0) is 12.8 Å². The number of hydrogen-bond donors (Lipinski definition) is 2. The second-order valence-corrected chi connectivity index (χ2v) is 10.6. The Morgan fingerprint density at radius 3 is 1.02 bits per heavy atom. The van der Waals surface area contributed by atoms with Crippen LogP contribution in [-0.4, -0.2) is 13.1 Å². The normalized spacial score (nSPS) is 11.4. The van der Waals surface area contributed by atoms with Gasteiger partial charge in [0.05, 0.1) is 22.7 Å². The molecule has 0 aliphatic rings. The predicted octanol–water partition coefficient (Wildman–Crippen LogP) is 11.5. The molecule has 0 heterocycles. The molecule has 0 aromatic heterocycles. The summed E-state index contributed by atoms with van der Waals surface area (Å²) in [7, 11) is 0. The minimum Gasteiger partial charge on any atom is -0.383 e. The van der Waals surface area contributed by atoms with E-state index >= 15 is 0 Å². The molecule has 4 aromatic carbocycles. The third-order valence-corrected chi connectivity index (χ3v) is 7.09. The standard InChI is InChI=1S/C36H44N6/c1-3-5-7-9-29-11-15-33(16-12-29)39-41-35-23-19-31(20-24-35)37-27-28-38-32-21-25-36(26-22-32)42-40-34-17-13-30(14-18-34)10-8-6-4-2/h11-26,37-38H,3-10,27-28H2,1-2H3. The highest BCUT2D eigenvalue weighted by molar-refractivity contribution is 5.53. The summed E-state index contributed by atoms with van der Waals surface area (Å²) in [5.41, 5.74) is 8.25. The van der Waals surface area contributed by atoms with Gasteiger partial charge in [0, 0.05) is 24.5 Å². The SMILES string of the molecule is CCCCCc1ccc(N=Nc2ccc(NCCNc3ccc(N=Nc4ccc(CCCCC)cc4)cc3)cc2)cc1. The molecule has 0 unspecified atom stereocenters. The topological polar surface area (TPSA) is 73.5 Å². The van der Waals surface area contributed by atoms with Crippen molar-refractivity contribution in [1.82, 2.24) is 0 Å². The Balaban J connectivity index is 1.15. The van der Waals surface area contributed by atoms with E-state index in [9.17, 15) is 0 Å². The molecule has 0 radical (unpaired) electrons. The summed E-state index contributed by atoms with van der Waals surface area (Å²) < 4.78 is 0. The van der Waals surface area contributed by atoms with Gasteiger partial charge in [-0.2, -0.15) is 20.5 Å². The maximum absolute atomic E-state index is 4.38. The lowest BCUT2D eigenvalue weighted by Crippen LogP contribution is -2.13. The molecule has 0 atom stereocenters. The smallest absolute Gasteiger partial charge is 0.0858 e. The van der Waals surface area contributed by atoms with Gasteiger partial charge in [-0.1, -0.05) is 63.8 Å². The minimum atomic E-state index is 0.793. The van der Waals surface area contributed by atoms with Crippen molar-refractivity contribution < 1.29 is 0 Å². The molecule has 4 aromatic rings. The summed E-state index contributed by atoms with van der Waals surface area (Å²) in [6, 6.07) is 32.8. The molecule has 0 saturated heterocycles. The van der Waals surface area contributed by atoms with E-state index in [4.69, 9.17) is 0 Å². The number of anilines is 2. The van der Waals surface area contributed by atoms with E-state index < -0.39 is 0 Å². The molecule has 0 bridgehead atoms. The summed E-state index contributed by atoms with van der Waals surface area (Å²) in [4.78, 5) is 0. The van der Waals surface area contributed by atoms with Gasteiger partial charge in [0.1, 0.15) is 0 Å². The molecule has 2 N–H and O–H groups in total. The van der Waals surface area contributed by atoms with Crippen LogP contribution in [0.25, 0.3) is 0 Å². The number of unbranched alkanes of at least 4 members (excludes halogenated alkanes) is 4. The van der Waals surface area contributed by atoms with Gasteiger partial charge in [-0.3, -0.25) is 0 Å². The molecule has 0 spiro atoms. The molecule has 4 rings (SSSR count). The van der Waals surface area contributed by atoms with E-state index in [2.05, 4.69) is 69.2 Å². The first-order valence-electron chi connectivity index (χ1n) is 15.4. The van der Waals surface area contributed by atoms with Gasteiger partial charge < -0.3 is 10.6 Å². The molecule has 0 fully saturated rings. The Labute approximate surface area is 251 Å². The number of azo groups is 2. The van der Waals surface area contributed by atoms with Crippen LogP contribution in [0, 0.1) is 0 Å². The van der Waals surface area contributed by atoms with Crippen LogP contribution >= 0.6 is 0 Å². The van der Waals surface area contributed by atoms with Crippen LogP contribution < -0.4 is 10.6 Å². The van der Waals surface area contributed by atoms with Gasteiger partial charge >= 0.3 is 0 Å². The van der Waals surface area contributed by atoms with Gasteiger partial charge in [-0.25, -0.2) is 0 Å². The molecule has 0 amide bonds. The summed E-state index contributed by atoms with van der Waals surface area (Å²) in [5.74, 6) is 0. The fourth-order valence-electron chi connectivity index (χ4n) is 4.55. The van der Waals surface area contributed by atoms with E-state index in [1.807, 2.05) is 72.8 Å². The fourth-order valence-corrected chi connectivity index (χ4v) is 4.55. The summed E-state index contributed by atoms with van der Waals surface area (Å²) >= 11 is 0. The van der Waals surface area contributed by atoms with Crippen LogP contribution in [0.3, 0.4) is 0 Å². The second kappa shape index (κ2) is 17.5. The zero-order valence-corrected chi connectivity index (χ0v) is 25.1. The van der Waals surface area contributed by atoms with Gasteiger partial charge in [-0.15, -0.1) is 0 Å². The Morgan fingerprint density at radius 2 is 0.714 bits per heavy atom. The van der Waals surface area contributed by atoms with E-state index in [1.165, 1.54) is 49.7 Å². The van der Waals surface area contributed by atoms with Crippen molar-refractivity contribution in [3.05, 3.63) is 108 Å². The first-order chi connectivity index (χ1) is 20.7. The predicted molar refractivity (Wildman–Crippen MR) is 178 cm³/mol. The second-order valence-electron chi connectivity index (χ2n) is 10.6. The van der Waals surface area contributed by atoms with Crippen LogP contribution in [0.15, 0.2) is 118 Å². The van der Waals surface area contributed by atoms with Crippen molar-refractivity contribution in [3.8, 4) is 0 Å². The Morgan fingerprint density at radius 1 is 0.405 bits per heavy atom. The van der Waals surface area contributed by atoms with Crippen molar-refractivity contribution in [2.75, 3.05) is 23.7 Å². The van der Waals surface area contributed by atoms with E-state index in [0.29, 0.717) is 0 Å². The van der Waals surface area contributed by atoms with E-state index in [0.717, 1.165) is 60.1 Å². The highest BCUT2D eigenvalue weighted by Crippen LogP contribution is 2.23. The summed E-state index contributed by atoms with van der Waals surface area (Å²) in [6.07, 6.45) is 9.79. The number of nitrogens with zero attached hydrogens (tertiary/aromatic N) is 4. The van der Waals surface area contributed by atoms with Gasteiger partial charge in [0.15, 0.2) is 0 Å². The molecule has 6 heteroatoms. The lowest BCUT2D eigenvalue weighted by molar-refractivity contribution is 0.717. The van der Waals surface area contributed by atoms with Gasteiger partial charge in [0.2, 0.25) is 0 Å². The maximum atomic E-state index is 4.38. The number of nitrogens with one attached hydrogen (secondary N) is 2. The van der Waals surface area contributed by atoms with Crippen LogP contribution in [0.2, 0.25) is 0 Å². The zero-order valence-electron chi connectivity index (χ0n) is 25.1. The minimum absolute atomic E-state index is 0.793. The van der Waals surface area contributed by atoms with Crippen LogP contribution in [0.5, 0.6) is 0 Å². The average molecular weight is 561 g/mol. The monoisotopic (exact) mass is 560 g/mol.